The first kappa shape index (κ1) is 14.4. The Bertz CT molecular complexity index is 410. The van der Waals surface area contributed by atoms with Crippen molar-refractivity contribution in [2.24, 2.45) is 0 Å². The molecule has 1 aromatic carbocycles. The van der Waals surface area contributed by atoms with Gasteiger partial charge >= 0.3 is 0 Å². The van der Waals surface area contributed by atoms with Crippen LogP contribution in [0.5, 0.6) is 5.75 Å². The summed E-state index contributed by atoms with van der Waals surface area (Å²) >= 11 is 0. The van der Waals surface area contributed by atoms with Crippen molar-refractivity contribution in [3.8, 4) is 5.75 Å². The summed E-state index contributed by atoms with van der Waals surface area (Å²) in [5.74, 6) is 0.141. The minimum atomic E-state index is -0.335. The number of hydrogen-bond acceptors (Lipinski definition) is 3. The standard InChI is InChI=1S/C13H19FN2O2/c1-4-16(2)13(17)9-15-8-10-5-6-11(18-3)7-12(10)14/h5-7,15H,4,8-9H2,1-3H3. The van der Waals surface area contributed by atoms with Gasteiger partial charge in [0.05, 0.1) is 13.7 Å². The zero-order chi connectivity index (χ0) is 13.5. The quantitative estimate of drug-likeness (QED) is 0.834. The molecule has 1 N–H and O–H groups in total. The zero-order valence-electron chi connectivity index (χ0n) is 11.0. The van der Waals surface area contributed by atoms with E-state index in [9.17, 15) is 9.18 Å². The number of nitrogens with zero attached hydrogens (tertiary/aromatic N) is 1. The molecular formula is C13H19FN2O2. The van der Waals surface area contributed by atoms with E-state index in [0.29, 0.717) is 24.4 Å². The fourth-order valence-corrected chi connectivity index (χ4v) is 1.41. The number of rotatable bonds is 6. The van der Waals surface area contributed by atoms with Gasteiger partial charge in [0.1, 0.15) is 11.6 Å². The maximum absolute atomic E-state index is 13.6. The molecule has 0 heterocycles. The van der Waals surface area contributed by atoms with Crippen LogP contribution in [0.25, 0.3) is 0 Å². The average Bonchev–Trinajstić information content (AvgIpc) is 2.39. The van der Waals surface area contributed by atoms with Crippen molar-refractivity contribution in [1.82, 2.24) is 10.2 Å². The first-order valence-electron chi connectivity index (χ1n) is 5.85. The van der Waals surface area contributed by atoms with Crippen LogP contribution in [-0.2, 0) is 11.3 Å². The van der Waals surface area contributed by atoms with Crippen LogP contribution < -0.4 is 10.1 Å². The number of benzene rings is 1. The molecule has 100 valence electrons. The van der Waals surface area contributed by atoms with Crippen molar-refractivity contribution in [2.45, 2.75) is 13.5 Å². The van der Waals surface area contributed by atoms with Crippen LogP contribution in [-0.4, -0.2) is 38.1 Å². The van der Waals surface area contributed by atoms with E-state index in [1.165, 1.54) is 13.2 Å². The molecule has 1 rings (SSSR count). The number of methoxy groups -OCH3 is 1. The van der Waals surface area contributed by atoms with Crippen LogP contribution in [0.15, 0.2) is 18.2 Å². The molecule has 0 atom stereocenters. The molecular weight excluding hydrogens is 235 g/mol. The van der Waals surface area contributed by atoms with Crippen molar-refractivity contribution in [3.63, 3.8) is 0 Å². The highest BCUT2D eigenvalue weighted by Crippen LogP contribution is 2.15. The van der Waals surface area contributed by atoms with E-state index in [2.05, 4.69) is 5.32 Å². The van der Waals surface area contributed by atoms with Crippen LogP contribution in [0.1, 0.15) is 12.5 Å². The summed E-state index contributed by atoms with van der Waals surface area (Å²) in [4.78, 5) is 13.1. The third kappa shape index (κ3) is 4.00. The Morgan fingerprint density at radius 3 is 2.78 bits per heavy atom. The van der Waals surface area contributed by atoms with E-state index >= 15 is 0 Å². The minimum Gasteiger partial charge on any atom is -0.497 e. The van der Waals surface area contributed by atoms with Crippen molar-refractivity contribution < 1.29 is 13.9 Å². The summed E-state index contributed by atoms with van der Waals surface area (Å²) < 4.78 is 18.5. The van der Waals surface area contributed by atoms with Crippen LogP contribution in [0.4, 0.5) is 4.39 Å². The highest BCUT2D eigenvalue weighted by Gasteiger charge is 2.07. The van der Waals surface area contributed by atoms with Gasteiger partial charge in [0.25, 0.3) is 0 Å². The molecule has 0 fully saturated rings. The molecule has 5 heteroatoms. The summed E-state index contributed by atoms with van der Waals surface area (Å²) in [6, 6.07) is 4.67. The number of likely N-dealkylation sites (N-methyl/N-ethyl adjacent to an activating group) is 1. The Balaban J connectivity index is 2.47. The van der Waals surface area contributed by atoms with Crippen molar-refractivity contribution in [1.29, 1.82) is 0 Å². The number of carbonyl (C=O) groups excluding carboxylic acids is 1. The molecule has 0 radical (unpaired) electrons. The Labute approximate surface area is 107 Å². The van der Waals surface area contributed by atoms with Crippen LogP contribution in [0.2, 0.25) is 0 Å². The smallest absolute Gasteiger partial charge is 0.236 e. The zero-order valence-corrected chi connectivity index (χ0v) is 11.0. The van der Waals surface area contributed by atoms with Crippen LogP contribution in [0, 0.1) is 5.82 Å². The highest BCUT2D eigenvalue weighted by atomic mass is 19.1. The molecule has 0 aromatic heterocycles. The summed E-state index contributed by atoms with van der Waals surface area (Å²) in [7, 11) is 3.23. The molecule has 0 saturated carbocycles. The molecule has 0 bridgehead atoms. The lowest BCUT2D eigenvalue weighted by atomic mass is 10.2. The number of nitrogens with one attached hydrogen (secondary N) is 1. The summed E-state index contributed by atoms with van der Waals surface area (Å²) in [6.45, 7) is 3.09. The van der Waals surface area contributed by atoms with Crippen molar-refractivity contribution in [3.05, 3.63) is 29.6 Å². The average molecular weight is 254 g/mol. The Kier molecular flexibility index (Phi) is 5.58. The molecule has 0 spiro atoms. The largest absolute Gasteiger partial charge is 0.497 e. The van der Waals surface area contributed by atoms with Gasteiger partial charge in [0.2, 0.25) is 5.91 Å². The SMILES string of the molecule is CCN(C)C(=O)CNCc1ccc(OC)cc1F. The van der Waals surface area contributed by atoms with E-state index in [4.69, 9.17) is 4.74 Å². The number of amides is 1. The highest BCUT2D eigenvalue weighted by molar-refractivity contribution is 5.77. The van der Waals surface area contributed by atoms with Gasteiger partial charge in [-0.05, 0) is 13.0 Å². The van der Waals surface area contributed by atoms with Gasteiger partial charge in [0.15, 0.2) is 0 Å². The lowest BCUT2D eigenvalue weighted by molar-refractivity contribution is -0.128. The van der Waals surface area contributed by atoms with E-state index < -0.39 is 0 Å². The van der Waals surface area contributed by atoms with E-state index in [0.717, 1.165) is 0 Å². The summed E-state index contributed by atoms with van der Waals surface area (Å²) in [6.07, 6.45) is 0. The molecule has 18 heavy (non-hydrogen) atoms. The van der Waals surface area contributed by atoms with Gasteiger partial charge in [-0.2, -0.15) is 0 Å². The van der Waals surface area contributed by atoms with E-state index in [1.54, 1.807) is 24.1 Å². The Morgan fingerprint density at radius 2 is 2.22 bits per heavy atom. The topological polar surface area (TPSA) is 41.6 Å². The number of halogens is 1. The molecule has 0 aliphatic rings. The van der Waals surface area contributed by atoms with Crippen molar-refractivity contribution in [2.75, 3.05) is 27.2 Å². The molecule has 4 nitrogen and oxygen atoms in total. The van der Waals surface area contributed by atoms with Gasteiger partial charge in [-0.25, -0.2) is 4.39 Å². The van der Waals surface area contributed by atoms with Gasteiger partial charge in [-0.15, -0.1) is 0 Å². The summed E-state index contributed by atoms with van der Waals surface area (Å²) in [5, 5.41) is 2.92. The summed E-state index contributed by atoms with van der Waals surface area (Å²) in [5.41, 5.74) is 0.516. The second kappa shape index (κ2) is 6.96. The van der Waals surface area contributed by atoms with Crippen molar-refractivity contribution >= 4 is 5.91 Å². The number of ether oxygens (including phenoxy) is 1. The second-order valence-corrected chi connectivity index (χ2v) is 3.97. The van der Waals surface area contributed by atoms with E-state index in [-0.39, 0.29) is 18.3 Å². The predicted octanol–water partition coefficient (Wildman–Crippen LogP) is 1.40. The van der Waals surface area contributed by atoms with Gasteiger partial charge in [0, 0.05) is 31.8 Å². The van der Waals surface area contributed by atoms with Gasteiger partial charge in [-0.3, -0.25) is 4.79 Å². The lowest BCUT2D eigenvalue weighted by Crippen LogP contribution is -2.35. The normalized spacial score (nSPS) is 10.2. The lowest BCUT2D eigenvalue weighted by Gasteiger charge is -2.14. The van der Waals surface area contributed by atoms with Gasteiger partial charge < -0.3 is 15.0 Å². The first-order chi connectivity index (χ1) is 8.58. The first-order valence-corrected chi connectivity index (χ1v) is 5.85. The van der Waals surface area contributed by atoms with E-state index in [1.807, 2.05) is 6.92 Å². The monoisotopic (exact) mass is 254 g/mol. The fraction of sp³-hybridized carbons (Fsp3) is 0.462. The number of hydrogen-bond donors (Lipinski definition) is 1. The Hall–Kier alpha value is -1.62. The molecule has 1 amide bonds. The third-order valence-corrected chi connectivity index (χ3v) is 2.75. The maximum Gasteiger partial charge on any atom is 0.236 e. The third-order valence-electron chi connectivity index (χ3n) is 2.75. The molecule has 1 aromatic rings. The van der Waals surface area contributed by atoms with Gasteiger partial charge in [-0.1, -0.05) is 6.07 Å². The van der Waals surface area contributed by atoms with Crippen LogP contribution >= 0.6 is 0 Å². The minimum absolute atomic E-state index is 0.00794. The second-order valence-electron chi connectivity index (χ2n) is 3.97. The van der Waals surface area contributed by atoms with Crippen LogP contribution in [0.3, 0.4) is 0 Å². The molecule has 0 saturated heterocycles. The molecule has 0 aliphatic carbocycles. The Morgan fingerprint density at radius 1 is 1.50 bits per heavy atom. The molecule has 0 aliphatic heterocycles. The maximum atomic E-state index is 13.6. The predicted molar refractivity (Wildman–Crippen MR) is 68.0 cm³/mol. The number of carbonyl (C=O) groups is 1. The molecule has 0 unspecified atom stereocenters. The fourth-order valence-electron chi connectivity index (χ4n) is 1.41.